The lowest BCUT2D eigenvalue weighted by molar-refractivity contribution is -0.138. The molecule has 0 radical (unpaired) electrons. The number of carbonyl (C=O) groups is 2. The largest absolute Gasteiger partial charge is 0.329 e. The summed E-state index contributed by atoms with van der Waals surface area (Å²) in [6.45, 7) is 1.70. The minimum atomic E-state index is -0.374. The van der Waals surface area contributed by atoms with Gasteiger partial charge in [0, 0.05) is 26.7 Å². The number of hydrogen-bond donors (Lipinski definition) is 1. The van der Waals surface area contributed by atoms with Crippen molar-refractivity contribution in [1.29, 1.82) is 0 Å². The van der Waals surface area contributed by atoms with Crippen molar-refractivity contribution in [3.8, 4) is 0 Å². The number of likely N-dealkylation sites (tertiary alicyclic amines) is 1. The lowest BCUT2D eigenvalue weighted by atomic mass is 10.1. The van der Waals surface area contributed by atoms with Crippen LogP contribution in [-0.4, -0.2) is 47.8 Å². The summed E-state index contributed by atoms with van der Waals surface area (Å²) in [6.07, 6.45) is 0.252. The molecular weight excluding hydrogens is 242 g/mol. The predicted octanol–water partition coefficient (Wildman–Crippen LogP) is 0.205. The molecule has 1 saturated heterocycles. The third-order valence-electron chi connectivity index (χ3n) is 3.44. The fourth-order valence-corrected chi connectivity index (χ4v) is 2.35. The molecule has 1 aromatic carbocycles. The standard InChI is InChI=1S/C14H19N3O2/c1-16-13(18)9-12(14(16)19)17(8-7-15)10-11-5-3-2-4-6-11/h2-6,12H,7-10,15H2,1H3. The van der Waals surface area contributed by atoms with E-state index in [0.29, 0.717) is 19.6 Å². The van der Waals surface area contributed by atoms with Gasteiger partial charge in [0.25, 0.3) is 0 Å². The number of likely N-dealkylation sites (N-methyl/N-ethyl adjacent to an activating group) is 1. The average Bonchev–Trinajstić information content (AvgIpc) is 2.67. The molecule has 2 rings (SSSR count). The van der Waals surface area contributed by atoms with Gasteiger partial charge in [-0.25, -0.2) is 0 Å². The highest BCUT2D eigenvalue weighted by Crippen LogP contribution is 2.19. The second-order valence-electron chi connectivity index (χ2n) is 4.76. The normalized spacial score (nSPS) is 19.5. The van der Waals surface area contributed by atoms with E-state index in [2.05, 4.69) is 0 Å². The molecule has 0 aromatic heterocycles. The van der Waals surface area contributed by atoms with E-state index in [-0.39, 0.29) is 24.3 Å². The molecule has 0 aliphatic carbocycles. The number of rotatable bonds is 5. The first kappa shape index (κ1) is 13.7. The summed E-state index contributed by atoms with van der Waals surface area (Å²) in [5.74, 6) is -0.250. The number of nitrogens with zero attached hydrogens (tertiary/aromatic N) is 2. The molecule has 19 heavy (non-hydrogen) atoms. The molecule has 1 atom stereocenters. The third kappa shape index (κ3) is 3.00. The topological polar surface area (TPSA) is 66.6 Å². The Kier molecular flexibility index (Phi) is 4.29. The predicted molar refractivity (Wildman–Crippen MR) is 72.1 cm³/mol. The first-order chi connectivity index (χ1) is 9.13. The Balaban J connectivity index is 2.12. The maximum atomic E-state index is 12.0. The summed E-state index contributed by atoms with van der Waals surface area (Å²) in [5.41, 5.74) is 6.73. The fraction of sp³-hybridized carbons (Fsp3) is 0.429. The highest BCUT2D eigenvalue weighted by molar-refractivity contribution is 6.05. The van der Waals surface area contributed by atoms with Gasteiger partial charge in [0.05, 0.1) is 12.5 Å². The van der Waals surface area contributed by atoms with E-state index in [0.717, 1.165) is 5.56 Å². The summed E-state index contributed by atoms with van der Waals surface area (Å²) in [5, 5.41) is 0. The molecule has 102 valence electrons. The molecule has 2 N–H and O–H groups in total. The van der Waals surface area contributed by atoms with Gasteiger partial charge < -0.3 is 5.73 Å². The van der Waals surface area contributed by atoms with Crippen molar-refractivity contribution in [2.75, 3.05) is 20.1 Å². The molecule has 1 aliphatic heterocycles. The van der Waals surface area contributed by atoms with Gasteiger partial charge in [-0.2, -0.15) is 0 Å². The fourth-order valence-electron chi connectivity index (χ4n) is 2.35. The lowest BCUT2D eigenvalue weighted by Crippen LogP contribution is -2.43. The van der Waals surface area contributed by atoms with Gasteiger partial charge in [0.2, 0.25) is 11.8 Å². The first-order valence-electron chi connectivity index (χ1n) is 6.42. The number of hydrogen-bond acceptors (Lipinski definition) is 4. The van der Waals surface area contributed by atoms with E-state index >= 15 is 0 Å². The van der Waals surface area contributed by atoms with Gasteiger partial charge in [-0.05, 0) is 5.56 Å². The van der Waals surface area contributed by atoms with Crippen LogP contribution in [0.5, 0.6) is 0 Å². The molecule has 1 aromatic rings. The Morgan fingerprint density at radius 1 is 1.32 bits per heavy atom. The zero-order valence-corrected chi connectivity index (χ0v) is 11.1. The summed E-state index contributed by atoms with van der Waals surface area (Å²) >= 11 is 0. The molecular formula is C14H19N3O2. The van der Waals surface area contributed by atoms with Crippen molar-refractivity contribution < 1.29 is 9.59 Å². The summed E-state index contributed by atoms with van der Waals surface area (Å²) < 4.78 is 0. The van der Waals surface area contributed by atoms with Crippen LogP contribution in [0.4, 0.5) is 0 Å². The van der Waals surface area contributed by atoms with Crippen LogP contribution < -0.4 is 5.73 Å². The van der Waals surface area contributed by atoms with Crippen molar-refractivity contribution in [1.82, 2.24) is 9.80 Å². The Bertz CT molecular complexity index is 461. The number of benzene rings is 1. The van der Waals surface area contributed by atoms with Crippen molar-refractivity contribution in [2.24, 2.45) is 5.73 Å². The van der Waals surface area contributed by atoms with Crippen LogP contribution in [0.2, 0.25) is 0 Å². The van der Waals surface area contributed by atoms with Crippen molar-refractivity contribution in [3.63, 3.8) is 0 Å². The molecule has 0 spiro atoms. The average molecular weight is 261 g/mol. The smallest absolute Gasteiger partial charge is 0.246 e. The van der Waals surface area contributed by atoms with Crippen LogP contribution in [0.1, 0.15) is 12.0 Å². The number of carbonyl (C=O) groups excluding carboxylic acids is 2. The number of amides is 2. The molecule has 0 saturated carbocycles. The Morgan fingerprint density at radius 2 is 2.00 bits per heavy atom. The van der Waals surface area contributed by atoms with E-state index in [1.807, 2.05) is 35.2 Å². The molecule has 1 heterocycles. The van der Waals surface area contributed by atoms with Crippen LogP contribution in [0, 0.1) is 0 Å². The Morgan fingerprint density at radius 3 is 2.53 bits per heavy atom. The second-order valence-corrected chi connectivity index (χ2v) is 4.76. The molecule has 1 unspecified atom stereocenters. The zero-order valence-electron chi connectivity index (χ0n) is 11.1. The minimum absolute atomic E-state index is 0.120. The van der Waals surface area contributed by atoms with Crippen molar-refractivity contribution >= 4 is 11.8 Å². The van der Waals surface area contributed by atoms with Crippen LogP contribution in [-0.2, 0) is 16.1 Å². The molecule has 1 aliphatic rings. The van der Waals surface area contributed by atoms with Gasteiger partial charge in [0.15, 0.2) is 0 Å². The summed E-state index contributed by atoms with van der Waals surface area (Å²) in [7, 11) is 1.54. The van der Waals surface area contributed by atoms with Crippen LogP contribution in [0.3, 0.4) is 0 Å². The maximum absolute atomic E-state index is 12.0. The molecule has 2 amide bonds. The highest BCUT2D eigenvalue weighted by Gasteiger charge is 2.39. The Labute approximate surface area is 113 Å². The molecule has 5 heteroatoms. The lowest BCUT2D eigenvalue weighted by Gasteiger charge is -2.26. The Hall–Kier alpha value is -1.72. The van der Waals surface area contributed by atoms with Gasteiger partial charge in [0.1, 0.15) is 0 Å². The zero-order chi connectivity index (χ0) is 13.8. The van der Waals surface area contributed by atoms with E-state index in [4.69, 9.17) is 5.73 Å². The van der Waals surface area contributed by atoms with Crippen LogP contribution in [0.15, 0.2) is 30.3 Å². The minimum Gasteiger partial charge on any atom is -0.329 e. The van der Waals surface area contributed by atoms with E-state index in [1.165, 1.54) is 11.9 Å². The SMILES string of the molecule is CN1C(=O)CC(N(CCN)Cc2ccccc2)C1=O. The van der Waals surface area contributed by atoms with Gasteiger partial charge >= 0.3 is 0 Å². The third-order valence-corrected chi connectivity index (χ3v) is 3.44. The van der Waals surface area contributed by atoms with Crippen molar-refractivity contribution in [2.45, 2.75) is 19.0 Å². The maximum Gasteiger partial charge on any atom is 0.246 e. The number of imide groups is 1. The molecule has 5 nitrogen and oxygen atoms in total. The quantitative estimate of drug-likeness (QED) is 0.769. The van der Waals surface area contributed by atoms with Gasteiger partial charge in [-0.3, -0.25) is 19.4 Å². The van der Waals surface area contributed by atoms with Crippen LogP contribution >= 0.6 is 0 Å². The first-order valence-corrected chi connectivity index (χ1v) is 6.42. The van der Waals surface area contributed by atoms with E-state index < -0.39 is 0 Å². The van der Waals surface area contributed by atoms with Gasteiger partial charge in [-0.1, -0.05) is 30.3 Å². The molecule has 1 fully saturated rings. The number of nitrogens with two attached hydrogens (primary N) is 1. The highest BCUT2D eigenvalue weighted by atomic mass is 16.2. The monoisotopic (exact) mass is 261 g/mol. The van der Waals surface area contributed by atoms with Gasteiger partial charge in [-0.15, -0.1) is 0 Å². The van der Waals surface area contributed by atoms with Crippen LogP contribution in [0.25, 0.3) is 0 Å². The van der Waals surface area contributed by atoms with E-state index in [1.54, 1.807) is 0 Å². The molecule has 0 bridgehead atoms. The van der Waals surface area contributed by atoms with E-state index in [9.17, 15) is 9.59 Å². The van der Waals surface area contributed by atoms with Crippen molar-refractivity contribution in [3.05, 3.63) is 35.9 Å². The summed E-state index contributed by atoms with van der Waals surface area (Å²) in [4.78, 5) is 26.8. The second kappa shape index (κ2) is 5.95. The summed E-state index contributed by atoms with van der Waals surface area (Å²) in [6, 6.07) is 9.52.